The number of hydrogen-bond acceptors (Lipinski definition) is 8. The van der Waals surface area contributed by atoms with Crippen molar-refractivity contribution in [3.8, 4) is 0 Å². The van der Waals surface area contributed by atoms with Gasteiger partial charge in [0.25, 0.3) is 0 Å². The van der Waals surface area contributed by atoms with Crippen molar-refractivity contribution in [3.05, 3.63) is 35.9 Å². The quantitative estimate of drug-likeness (QED) is 0.477. The number of nitrogens with zero attached hydrogens (tertiary/aromatic N) is 1. The Morgan fingerprint density at radius 1 is 1.15 bits per heavy atom. The fourth-order valence-corrected chi connectivity index (χ4v) is 6.74. The van der Waals surface area contributed by atoms with Crippen LogP contribution in [0.3, 0.4) is 0 Å². The van der Waals surface area contributed by atoms with E-state index in [0.29, 0.717) is 13.0 Å². The Balaban J connectivity index is 1.59. The minimum Gasteiger partial charge on any atom is -0.444 e. The highest BCUT2D eigenvalue weighted by Crippen LogP contribution is 2.42. The molecule has 1 aromatic rings. The van der Waals surface area contributed by atoms with Gasteiger partial charge >= 0.3 is 6.09 Å². The van der Waals surface area contributed by atoms with Crippen molar-refractivity contribution in [2.24, 2.45) is 5.92 Å². The smallest absolute Gasteiger partial charge is 0.410 e. The number of rotatable bonds is 7. The number of fused-ring (bicyclic) bond motifs is 2. The van der Waals surface area contributed by atoms with Crippen LogP contribution in [0.5, 0.6) is 0 Å². The molecule has 10 heteroatoms. The monoisotopic (exact) mass is 565 g/mol. The largest absolute Gasteiger partial charge is 0.444 e. The molecule has 3 saturated heterocycles. The number of hydrogen-bond donors (Lipinski definition) is 2. The predicted molar refractivity (Wildman–Crippen MR) is 149 cm³/mol. The molecule has 2 bridgehead atoms. The minimum absolute atomic E-state index is 0.00966. The molecule has 0 spiro atoms. The van der Waals surface area contributed by atoms with Crippen molar-refractivity contribution >= 4 is 14.4 Å². The van der Waals surface area contributed by atoms with Gasteiger partial charge in [-0.3, -0.25) is 4.90 Å². The van der Waals surface area contributed by atoms with Gasteiger partial charge in [-0.05, 0) is 50.9 Å². The number of ether oxygens (including phenoxy) is 4. The van der Waals surface area contributed by atoms with Crippen LogP contribution >= 0.6 is 0 Å². The third-order valence-electron chi connectivity index (χ3n) is 8.43. The fraction of sp³-hybridized carbons (Fsp3) is 0.759. The van der Waals surface area contributed by atoms with Crippen LogP contribution in [-0.4, -0.2) is 91.1 Å². The summed E-state index contributed by atoms with van der Waals surface area (Å²) in [6.07, 6.45) is -4.48. The molecule has 4 rings (SSSR count). The molecule has 0 saturated carbocycles. The van der Waals surface area contributed by atoms with Gasteiger partial charge < -0.3 is 33.6 Å². The Bertz CT molecular complexity index is 978. The Morgan fingerprint density at radius 3 is 2.44 bits per heavy atom. The highest BCUT2D eigenvalue weighted by Gasteiger charge is 2.57. The van der Waals surface area contributed by atoms with Gasteiger partial charge in [0.2, 0.25) is 0 Å². The first-order chi connectivity index (χ1) is 18.1. The standard InChI is InChI=1S/C29H47NO8Si/c1-28(2,3)37-27(33)30-15-19(38-39(7,8)29(4,5)6)14-20(30)23(31)22-24(32)21-17-35-26(36-21)25(22)34-16-18-12-10-9-11-13-18/h9-13,19-26,31-32H,14-17H2,1-8H3/t19-,20+,21+,22+,23+,24+,25-,26+/m1/s1. The van der Waals surface area contributed by atoms with Gasteiger partial charge in [-0.2, -0.15) is 0 Å². The summed E-state index contributed by atoms with van der Waals surface area (Å²) < 4.78 is 30.4. The molecule has 3 aliphatic heterocycles. The molecule has 220 valence electrons. The minimum atomic E-state index is -2.15. The maximum Gasteiger partial charge on any atom is 0.410 e. The summed E-state index contributed by atoms with van der Waals surface area (Å²) in [5, 5.41) is 23.2. The molecule has 2 N–H and O–H groups in total. The fourth-order valence-electron chi connectivity index (χ4n) is 5.38. The van der Waals surface area contributed by atoms with Gasteiger partial charge in [-0.25, -0.2) is 4.79 Å². The van der Waals surface area contributed by atoms with Crippen molar-refractivity contribution in [1.82, 2.24) is 4.90 Å². The van der Waals surface area contributed by atoms with Crippen LogP contribution in [-0.2, 0) is 30.0 Å². The summed E-state index contributed by atoms with van der Waals surface area (Å²) in [6, 6.07) is 9.07. The normalized spacial score (nSPS) is 32.4. The average Bonchev–Trinajstić information content (AvgIpc) is 3.45. The van der Waals surface area contributed by atoms with Gasteiger partial charge in [0.05, 0.1) is 37.6 Å². The number of likely N-dealkylation sites (tertiary alicyclic amines) is 1. The third kappa shape index (κ3) is 6.86. The van der Waals surface area contributed by atoms with E-state index in [1.165, 1.54) is 0 Å². The topological polar surface area (TPSA) is 107 Å². The SMILES string of the molecule is CC(C)(C)OC(=O)N1C[C@H](O[Si](C)(C)C(C)(C)C)C[C@H]1[C@H](O)[C@H]1[C@@H](O)[C@@H]2CO[C@@H](O2)[C@@H]1OCc1ccccc1. The predicted octanol–water partition coefficient (Wildman–Crippen LogP) is 4.06. The molecule has 0 radical (unpaired) electrons. The van der Waals surface area contributed by atoms with E-state index in [1.807, 2.05) is 51.1 Å². The van der Waals surface area contributed by atoms with Gasteiger partial charge in [-0.15, -0.1) is 0 Å². The van der Waals surface area contributed by atoms with Crippen LogP contribution < -0.4 is 0 Å². The zero-order valence-electron chi connectivity index (χ0n) is 24.6. The molecular weight excluding hydrogens is 518 g/mol. The zero-order valence-corrected chi connectivity index (χ0v) is 25.6. The first kappa shape index (κ1) is 30.4. The van der Waals surface area contributed by atoms with E-state index < -0.39 is 62.7 Å². The molecule has 3 fully saturated rings. The third-order valence-corrected chi connectivity index (χ3v) is 13.0. The summed E-state index contributed by atoms with van der Waals surface area (Å²) in [6.45, 7) is 17.1. The molecule has 0 aromatic heterocycles. The molecule has 9 nitrogen and oxygen atoms in total. The zero-order chi connectivity index (χ0) is 28.8. The number of aliphatic hydroxyl groups is 2. The Morgan fingerprint density at radius 2 is 1.82 bits per heavy atom. The van der Waals surface area contributed by atoms with Crippen LogP contribution in [0.4, 0.5) is 4.79 Å². The van der Waals surface area contributed by atoms with Gasteiger partial charge in [-0.1, -0.05) is 51.1 Å². The first-order valence-electron chi connectivity index (χ1n) is 14.0. The molecule has 1 amide bonds. The number of carbonyl (C=O) groups is 1. The number of amides is 1. The summed E-state index contributed by atoms with van der Waals surface area (Å²) in [4.78, 5) is 15.0. The van der Waals surface area contributed by atoms with Crippen LogP contribution in [0.1, 0.15) is 53.5 Å². The van der Waals surface area contributed by atoms with E-state index in [-0.39, 0.29) is 24.4 Å². The van der Waals surface area contributed by atoms with Crippen molar-refractivity contribution < 1.29 is 38.4 Å². The van der Waals surface area contributed by atoms with E-state index in [2.05, 4.69) is 33.9 Å². The molecule has 3 heterocycles. The van der Waals surface area contributed by atoms with Crippen molar-refractivity contribution in [1.29, 1.82) is 0 Å². The molecule has 8 atom stereocenters. The van der Waals surface area contributed by atoms with Crippen molar-refractivity contribution in [2.75, 3.05) is 13.2 Å². The lowest BCUT2D eigenvalue weighted by molar-refractivity contribution is -0.247. The van der Waals surface area contributed by atoms with Crippen LogP contribution in [0.15, 0.2) is 30.3 Å². The van der Waals surface area contributed by atoms with Gasteiger partial charge in [0.1, 0.15) is 17.8 Å². The number of benzene rings is 1. The van der Waals surface area contributed by atoms with Crippen molar-refractivity contribution in [2.45, 2.75) is 121 Å². The van der Waals surface area contributed by atoms with E-state index in [9.17, 15) is 15.0 Å². The lowest BCUT2D eigenvalue weighted by atomic mass is 9.81. The van der Waals surface area contributed by atoms with Crippen LogP contribution in [0.25, 0.3) is 0 Å². The van der Waals surface area contributed by atoms with E-state index in [0.717, 1.165) is 5.56 Å². The Kier molecular flexibility index (Phi) is 8.88. The Labute approximate surface area is 233 Å². The van der Waals surface area contributed by atoms with Crippen LogP contribution in [0, 0.1) is 5.92 Å². The van der Waals surface area contributed by atoms with Crippen LogP contribution in [0.2, 0.25) is 18.1 Å². The second kappa shape index (κ2) is 11.4. The highest BCUT2D eigenvalue weighted by atomic mass is 28.4. The van der Waals surface area contributed by atoms with Crippen molar-refractivity contribution in [3.63, 3.8) is 0 Å². The first-order valence-corrected chi connectivity index (χ1v) is 16.9. The summed E-state index contributed by atoms with van der Waals surface area (Å²) in [7, 11) is -2.15. The Hall–Kier alpha value is -1.53. The molecule has 0 aliphatic carbocycles. The van der Waals surface area contributed by atoms with E-state index in [4.69, 9.17) is 23.4 Å². The maximum absolute atomic E-state index is 13.4. The van der Waals surface area contributed by atoms with E-state index >= 15 is 0 Å². The number of aliphatic hydroxyl groups excluding tert-OH is 2. The van der Waals surface area contributed by atoms with Gasteiger partial charge in [0, 0.05) is 12.5 Å². The molecule has 3 aliphatic rings. The van der Waals surface area contributed by atoms with E-state index in [1.54, 1.807) is 4.90 Å². The highest BCUT2D eigenvalue weighted by molar-refractivity contribution is 6.74. The maximum atomic E-state index is 13.4. The summed E-state index contributed by atoms with van der Waals surface area (Å²) in [5.41, 5.74) is 0.261. The molecular formula is C29H47NO8Si. The van der Waals surface area contributed by atoms with Gasteiger partial charge in [0.15, 0.2) is 14.6 Å². The lowest BCUT2D eigenvalue weighted by Crippen LogP contribution is -2.59. The molecule has 0 unspecified atom stereocenters. The second-order valence-corrected chi connectivity index (χ2v) is 18.4. The second-order valence-electron chi connectivity index (χ2n) is 13.6. The molecule has 39 heavy (non-hydrogen) atoms. The summed E-state index contributed by atoms with van der Waals surface area (Å²) in [5.74, 6) is -0.735. The molecule has 1 aromatic carbocycles. The number of carbonyl (C=O) groups excluding carboxylic acids is 1. The average molecular weight is 566 g/mol. The lowest BCUT2D eigenvalue weighted by Gasteiger charge is -2.43. The summed E-state index contributed by atoms with van der Waals surface area (Å²) >= 11 is 0.